The summed E-state index contributed by atoms with van der Waals surface area (Å²) in [5.74, 6) is 3.32. The van der Waals surface area contributed by atoms with Crippen molar-refractivity contribution < 1.29 is 0 Å². The Morgan fingerprint density at radius 2 is 1.53 bits per heavy atom. The van der Waals surface area contributed by atoms with Crippen LogP contribution in [0.1, 0.15) is 66.7 Å². The van der Waals surface area contributed by atoms with Crippen LogP contribution in [0.25, 0.3) is 0 Å². The molecule has 0 N–H and O–H groups in total. The van der Waals surface area contributed by atoms with Gasteiger partial charge in [-0.1, -0.05) is 60.8 Å². The van der Waals surface area contributed by atoms with Gasteiger partial charge in [0.1, 0.15) is 0 Å². The molecule has 0 aliphatic carbocycles. The van der Waals surface area contributed by atoms with Gasteiger partial charge in [-0.15, -0.1) is 0 Å². The standard InChI is InChI=1S/C15H31/c1-7-13(5)11-15(14(6)8-2)10-9-12(3)4/h12-15H,3,7-11H2,1-2,4-6H3. The predicted octanol–water partition coefficient (Wildman–Crippen LogP) is 5.34. The maximum Gasteiger partial charge on any atom is -0.0386 e. The smallest absolute Gasteiger partial charge is 0.0386 e. The van der Waals surface area contributed by atoms with Crippen molar-refractivity contribution in [2.75, 3.05) is 0 Å². The molecule has 0 aliphatic rings. The summed E-state index contributed by atoms with van der Waals surface area (Å²) in [5.41, 5.74) is 0. The third kappa shape index (κ3) is 6.98. The summed E-state index contributed by atoms with van der Waals surface area (Å²) in [6, 6.07) is 0. The largest absolute Gasteiger partial charge is 0.0651 e. The molecule has 0 aromatic heterocycles. The molecule has 4 atom stereocenters. The Morgan fingerprint density at radius 1 is 0.933 bits per heavy atom. The van der Waals surface area contributed by atoms with Gasteiger partial charge in [-0.05, 0) is 36.5 Å². The lowest BCUT2D eigenvalue weighted by atomic mass is 9.80. The molecule has 0 nitrogen and oxygen atoms in total. The first-order valence-corrected chi connectivity index (χ1v) is 6.84. The lowest BCUT2D eigenvalue weighted by molar-refractivity contribution is 0.253. The molecular weight excluding hydrogens is 180 g/mol. The molecule has 1 radical (unpaired) electrons. The van der Waals surface area contributed by atoms with Crippen molar-refractivity contribution in [3.63, 3.8) is 0 Å². The highest BCUT2D eigenvalue weighted by molar-refractivity contribution is 4.70. The topological polar surface area (TPSA) is 0 Å². The third-order valence-corrected chi connectivity index (χ3v) is 3.88. The van der Waals surface area contributed by atoms with Crippen LogP contribution in [-0.4, -0.2) is 0 Å². The van der Waals surface area contributed by atoms with Crippen LogP contribution < -0.4 is 0 Å². The van der Waals surface area contributed by atoms with Crippen LogP contribution in [0.15, 0.2) is 0 Å². The molecule has 91 valence electrons. The van der Waals surface area contributed by atoms with Crippen LogP contribution in [0, 0.1) is 30.6 Å². The van der Waals surface area contributed by atoms with Crippen molar-refractivity contribution in [3.8, 4) is 0 Å². The summed E-state index contributed by atoms with van der Waals surface area (Å²) in [7, 11) is 0. The fourth-order valence-corrected chi connectivity index (χ4v) is 2.15. The molecule has 4 unspecified atom stereocenters. The van der Waals surface area contributed by atoms with E-state index in [9.17, 15) is 0 Å². The SMILES string of the molecule is [CH2]C(C)CCC(CC(C)CC)C(C)CC. The van der Waals surface area contributed by atoms with Gasteiger partial charge in [0.25, 0.3) is 0 Å². The second kappa shape index (κ2) is 8.19. The molecule has 0 fully saturated rings. The van der Waals surface area contributed by atoms with Gasteiger partial charge in [-0.25, -0.2) is 0 Å². The molecule has 15 heavy (non-hydrogen) atoms. The van der Waals surface area contributed by atoms with Gasteiger partial charge in [0.15, 0.2) is 0 Å². The maximum absolute atomic E-state index is 4.09. The van der Waals surface area contributed by atoms with E-state index in [-0.39, 0.29) is 0 Å². The van der Waals surface area contributed by atoms with Gasteiger partial charge in [0.2, 0.25) is 0 Å². The molecule has 0 bridgehead atoms. The second-order valence-corrected chi connectivity index (χ2v) is 5.58. The molecule has 0 saturated heterocycles. The van der Waals surface area contributed by atoms with Crippen molar-refractivity contribution in [1.29, 1.82) is 0 Å². The zero-order valence-corrected chi connectivity index (χ0v) is 11.6. The van der Waals surface area contributed by atoms with E-state index < -0.39 is 0 Å². The molecule has 0 heteroatoms. The molecule has 0 aliphatic heterocycles. The summed E-state index contributed by atoms with van der Waals surface area (Å²) in [5, 5.41) is 0. The Balaban J connectivity index is 4.06. The van der Waals surface area contributed by atoms with E-state index >= 15 is 0 Å². The summed E-state index contributed by atoms with van der Waals surface area (Å²) >= 11 is 0. The van der Waals surface area contributed by atoms with E-state index in [4.69, 9.17) is 0 Å². The minimum absolute atomic E-state index is 0.619. The molecular formula is C15H31. The van der Waals surface area contributed by atoms with E-state index in [0.29, 0.717) is 5.92 Å². The van der Waals surface area contributed by atoms with E-state index in [0.717, 1.165) is 17.8 Å². The van der Waals surface area contributed by atoms with Crippen LogP contribution in [0.5, 0.6) is 0 Å². The van der Waals surface area contributed by atoms with E-state index in [1.807, 2.05) is 0 Å². The first-order valence-electron chi connectivity index (χ1n) is 6.84. The van der Waals surface area contributed by atoms with Gasteiger partial charge in [0.05, 0.1) is 0 Å². The molecule has 0 saturated carbocycles. The highest BCUT2D eigenvalue weighted by Crippen LogP contribution is 2.29. The normalized spacial score (nSPS) is 17.8. The predicted molar refractivity (Wildman–Crippen MR) is 70.8 cm³/mol. The molecule has 0 aromatic rings. The van der Waals surface area contributed by atoms with E-state index in [2.05, 4.69) is 41.5 Å². The molecule has 0 spiro atoms. The number of rotatable bonds is 8. The zero-order valence-electron chi connectivity index (χ0n) is 11.6. The van der Waals surface area contributed by atoms with Crippen LogP contribution in [0.3, 0.4) is 0 Å². The van der Waals surface area contributed by atoms with Gasteiger partial charge >= 0.3 is 0 Å². The Bertz CT molecular complexity index is 137. The van der Waals surface area contributed by atoms with E-state index in [1.54, 1.807) is 0 Å². The lowest BCUT2D eigenvalue weighted by Gasteiger charge is -2.26. The van der Waals surface area contributed by atoms with Gasteiger partial charge < -0.3 is 0 Å². The van der Waals surface area contributed by atoms with Crippen molar-refractivity contribution in [3.05, 3.63) is 6.92 Å². The fourth-order valence-electron chi connectivity index (χ4n) is 2.15. The van der Waals surface area contributed by atoms with Crippen molar-refractivity contribution in [1.82, 2.24) is 0 Å². The summed E-state index contributed by atoms with van der Waals surface area (Å²) in [6.07, 6.45) is 6.74. The van der Waals surface area contributed by atoms with Crippen LogP contribution in [-0.2, 0) is 0 Å². The summed E-state index contributed by atoms with van der Waals surface area (Å²) < 4.78 is 0. The number of hydrogen-bond donors (Lipinski definition) is 0. The van der Waals surface area contributed by atoms with Crippen molar-refractivity contribution >= 4 is 0 Å². The van der Waals surface area contributed by atoms with Crippen molar-refractivity contribution in [2.24, 2.45) is 23.7 Å². The monoisotopic (exact) mass is 211 g/mol. The highest BCUT2D eigenvalue weighted by Gasteiger charge is 2.18. The number of hydrogen-bond acceptors (Lipinski definition) is 0. The van der Waals surface area contributed by atoms with Gasteiger partial charge in [-0.2, -0.15) is 0 Å². The van der Waals surface area contributed by atoms with Gasteiger partial charge in [0, 0.05) is 0 Å². The average Bonchev–Trinajstić information content (AvgIpc) is 2.22. The molecule has 0 rings (SSSR count). The maximum atomic E-state index is 4.09. The quantitative estimate of drug-likeness (QED) is 0.508. The second-order valence-electron chi connectivity index (χ2n) is 5.58. The minimum atomic E-state index is 0.619. The fraction of sp³-hybridized carbons (Fsp3) is 0.933. The molecule has 0 amide bonds. The Hall–Kier alpha value is 0. The lowest BCUT2D eigenvalue weighted by Crippen LogP contribution is -2.15. The van der Waals surface area contributed by atoms with Crippen molar-refractivity contribution in [2.45, 2.75) is 66.7 Å². The Morgan fingerprint density at radius 3 is 1.93 bits per heavy atom. The Labute approximate surface area is 97.8 Å². The first-order chi connectivity index (χ1) is 7.01. The van der Waals surface area contributed by atoms with E-state index in [1.165, 1.54) is 32.1 Å². The Kier molecular flexibility index (Phi) is 8.19. The zero-order chi connectivity index (χ0) is 11.8. The van der Waals surface area contributed by atoms with Crippen LogP contribution in [0.4, 0.5) is 0 Å². The third-order valence-electron chi connectivity index (χ3n) is 3.88. The summed E-state index contributed by atoms with van der Waals surface area (Å²) in [4.78, 5) is 0. The van der Waals surface area contributed by atoms with Crippen LogP contribution >= 0.6 is 0 Å². The molecule has 0 aromatic carbocycles. The van der Waals surface area contributed by atoms with Gasteiger partial charge in [-0.3, -0.25) is 0 Å². The summed E-state index contributed by atoms with van der Waals surface area (Å²) in [6.45, 7) is 15.8. The highest BCUT2D eigenvalue weighted by atomic mass is 14.2. The minimum Gasteiger partial charge on any atom is -0.0651 e. The van der Waals surface area contributed by atoms with Crippen LogP contribution in [0.2, 0.25) is 0 Å². The molecule has 0 heterocycles. The first kappa shape index (κ1) is 15.0. The average molecular weight is 211 g/mol.